The third-order valence-corrected chi connectivity index (χ3v) is 7.68. The molecule has 2 amide bonds. The van der Waals surface area contributed by atoms with Crippen LogP contribution in [0.3, 0.4) is 0 Å². The first-order chi connectivity index (χ1) is 16.7. The van der Waals surface area contributed by atoms with Crippen molar-refractivity contribution >= 4 is 39.3 Å². The maximum atomic E-state index is 13.7. The van der Waals surface area contributed by atoms with Crippen LogP contribution >= 0.6 is 10.8 Å². The number of halogens is 1. The van der Waals surface area contributed by atoms with Gasteiger partial charge in [0.05, 0.1) is 12.2 Å². The fraction of sp³-hybridized carbons (Fsp3) is 0.304. The highest BCUT2D eigenvalue weighted by molar-refractivity contribution is 8.25. The highest BCUT2D eigenvalue weighted by Gasteiger charge is 2.31. The Hall–Kier alpha value is -3.48. The van der Waals surface area contributed by atoms with Crippen molar-refractivity contribution < 1.29 is 28.2 Å². The summed E-state index contributed by atoms with van der Waals surface area (Å²) < 4.78 is 36.4. The monoisotopic (exact) mass is 503 g/mol. The summed E-state index contributed by atoms with van der Waals surface area (Å²) in [5.74, 6) is -1.67. The van der Waals surface area contributed by atoms with Crippen molar-refractivity contribution in [1.82, 2.24) is 20.6 Å². The summed E-state index contributed by atoms with van der Waals surface area (Å²) in [6.45, 7) is 0.268. The van der Waals surface area contributed by atoms with Gasteiger partial charge < -0.3 is 15.7 Å². The van der Waals surface area contributed by atoms with Crippen molar-refractivity contribution in [3.05, 3.63) is 59.2 Å². The third kappa shape index (κ3) is 5.14. The maximum Gasteiger partial charge on any atom is 0.274 e. The van der Waals surface area contributed by atoms with E-state index >= 15 is 0 Å². The zero-order chi connectivity index (χ0) is 25.2. The molecule has 0 bridgehead atoms. The van der Waals surface area contributed by atoms with Crippen molar-refractivity contribution in [3.8, 4) is 5.75 Å². The van der Waals surface area contributed by atoms with E-state index in [4.69, 9.17) is 0 Å². The number of benzene rings is 1. The normalized spacial score (nSPS) is 16.1. The van der Waals surface area contributed by atoms with Crippen molar-refractivity contribution in [1.29, 1.82) is 0 Å². The fourth-order valence-corrected chi connectivity index (χ4v) is 5.61. The van der Waals surface area contributed by atoms with Crippen LogP contribution in [0.5, 0.6) is 5.75 Å². The van der Waals surface area contributed by atoms with Gasteiger partial charge in [0.25, 0.3) is 5.91 Å². The second-order valence-electron chi connectivity index (χ2n) is 8.12. The number of likely N-dealkylation sites (N-methyl/N-ethyl adjacent to an activating group) is 1. The molecule has 12 heteroatoms. The summed E-state index contributed by atoms with van der Waals surface area (Å²) in [6.07, 6.45) is 2.74. The van der Waals surface area contributed by atoms with Crippen LogP contribution in [-0.2, 0) is 17.8 Å². The van der Waals surface area contributed by atoms with Gasteiger partial charge in [0, 0.05) is 31.7 Å². The minimum Gasteiger partial charge on any atom is -0.504 e. The summed E-state index contributed by atoms with van der Waals surface area (Å²) in [6, 6.07) is 7.19. The van der Waals surface area contributed by atoms with E-state index in [0.29, 0.717) is 35.9 Å². The summed E-state index contributed by atoms with van der Waals surface area (Å²) in [5.41, 5.74) is 0.699. The van der Waals surface area contributed by atoms with Gasteiger partial charge in [-0.3, -0.25) is 28.0 Å². The molecular formula is C23H26FN5O5S. The second kappa shape index (κ2) is 10.0. The van der Waals surface area contributed by atoms with Crippen molar-refractivity contribution in [2.24, 2.45) is 0 Å². The number of anilines is 1. The number of pyridine rings is 2. The molecule has 0 saturated carbocycles. The summed E-state index contributed by atoms with van der Waals surface area (Å²) in [5, 5.41) is 16.3. The molecule has 1 fully saturated rings. The maximum absolute atomic E-state index is 13.7. The highest BCUT2D eigenvalue weighted by Crippen LogP contribution is 2.51. The molecule has 1 aliphatic heterocycles. The number of nitrogens with zero attached hydrogens (tertiary/aromatic N) is 3. The molecule has 35 heavy (non-hydrogen) atoms. The molecule has 0 radical (unpaired) electrons. The van der Waals surface area contributed by atoms with Crippen molar-refractivity contribution in [2.75, 3.05) is 23.7 Å². The molecular weight excluding hydrogens is 477 g/mol. The van der Waals surface area contributed by atoms with E-state index in [1.165, 1.54) is 35.7 Å². The van der Waals surface area contributed by atoms with Gasteiger partial charge in [-0.05, 0) is 48.2 Å². The van der Waals surface area contributed by atoms with Crippen LogP contribution in [0.25, 0.3) is 10.9 Å². The molecule has 3 aromatic rings. The van der Waals surface area contributed by atoms with E-state index in [1.54, 1.807) is 12.1 Å². The molecule has 0 unspecified atom stereocenters. The predicted molar refractivity (Wildman–Crippen MR) is 131 cm³/mol. The quantitative estimate of drug-likeness (QED) is 0.345. The zero-order valence-corrected chi connectivity index (χ0v) is 19.8. The van der Waals surface area contributed by atoms with Gasteiger partial charge in [0.2, 0.25) is 5.91 Å². The Morgan fingerprint density at radius 1 is 1.20 bits per heavy atom. The SMILES string of the molecule is CNC(=O)Cc1cc(F)ccc1CNC(=O)c1nc(N2CCCCS2(O)O)c2cccnc2c1O. The Morgan fingerprint density at radius 3 is 2.74 bits per heavy atom. The number of hydrogen-bond acceptors (Lipinski definition) is 8. The van der Waals surface area contributed by atoms with Crippen LogP contribution in [0, 0.1) is 5.82 Å². The van der Waals surface area contributed by atoms with Crippen molar-refractivity contribution in [2.45, 2.75) is 25.8 Å². The molecule has 2 aromatic heterocycles. The fourth-order valence-electron chi connectivity index (χ4n) is 3.96. The second-order valence-corrected chi connectivity index (χ2v) is 10.2. The summed E-state index contributed by atoms with van der Waals surface area (Å²) in [7, 11) is -1.67. The first-order valence-electron chi connectivity index (χ1n) is 11.0. The average Bonchev–Trinajstić information content (AvgIpc) is 2.84. The van der Waals surface area contributed by atoms with Crippen LogP contribution < -0.4 is 14.9 Å². The van der Waals surface area contributed by atoms with Gasteiger partial charge in [-0.2, -0.15) is 0 Å². The van der Waals surface area contributed by atoms with E-state index in [2.05, 4.69) is 20.6 Å². The lowest BCUT2D eigenvalue weighted by molar-refractivity contribution is -0.119. The first-order valence-corrected chi connectivity index (χ1v) is 12.7. The van der Waals surface area contributed by atoms with E-state index in [1.807, 2.05) is 0 Å². The number of aromatic hydroxyl groups is 1. The number of rotatable bonds is 6. The molecule has 0 spiro atoms. The molecule has 1 aliphatic rings. The van der Waals surface area contributed by atoms with Crippen LogP contribution in [0.2, 0.25) is 0 Å². The van der Waals surface area contributed by atoms with Gasteiger partial charge in [-0.15, -0.1) is 10.8 Å². The van der Waals surface area contributed by atoms with E-state index in [0.717, 1.165) is 0 Å². The zero-order valence-electron chi connectivity index (χ0n) is 19.0. The lowest BCUT2D eigenvalue weighted by Crippen LogP contribution is -2.35. The Balaban J connectivity index is 1.67. The van der Waals surface area contributed by atoms with Gasteiger partial charge in [0.15, 0.2) is 17.3 Å². The molecule has 1 aromatic carbocycles. The highest BCUT2D eigenvalue weighted by atomic mass is 32.3. The number of amides is 2. The minimum atomic E-state index is -3.15. The summed E-state index contributed by atoms with van der Waals surface area (Å²) >= 11 is 0. The molecule has 0 aliphatic carbocycles. The molecule has 0 atom stereocenters. The number of carbonyl (C=O) groups is 2. The number of nitrogens with one attached hydrogen (secondary N) is 2. The number of fused-ring (bicyclic) bond motifs is 1. The number of aromatic nitrogens is 2. The standard InChI is InChI=1S/C23H26FN5O5S/c1-25-18(30)12-15-11-16(24)7-6-14(15)13-27-23(32)20-21(31)19-17(5-4-8-26-19)22(28-20)29-9-2-3-10-35(29,33)34/h4-8,11,31,33-34H,2-3,9-10,12-13H2,1H3,(H,25,30)(H,27,32). The molecule has 5 N–H and O–H groups in total. The smallest absolute Gasteiger partial charge is 0.274 e. The average molecular weight is 504 g/mol. The summed E-state index contributed by atoms with van der Waals surface area (Å²) in [4.78, 5) is 33.4. The van der Waals surface area contributed by atoms with Crippen LogP contribution in [0.15, 0.2) is 36.5 Å². The molecule has 4 rings (SSSR count). The molecule has 3 heterocycles. The molecule has 10 nitrogen and oxygen atoms in total. The number of carbonyl (C=O) groups excluding carboxylic acids is 2. The van der Waals surface area contributed by atoms with E-state index in [-0.39, 0.29) is 41.7 Å². The van der Waals surface area contributed by atoms with Gasteiger partial charge in [0.1, 0.15) is 11.3 Å². The van der Waals surface area contributed by atoms with Crippen LogP contribution in [0.4, 0.5) is 10.2 Å². The first kappa shape index (κ1) is 24.6. The van der Waals surface area contributed by atoms with Gasteiger partial charge in [-0.1, -0.05) is 6.07 Å². The Morgan fingerprint density at radius 2 is 2.00 bits per heavy atom. The van der Waals surface area contributed by atoms with Gasteiger partial charge >= 0.3 is 0 Å². The van der Waals surface area contributed by atoms with Gasteiger partial charge in [-0.25, -0.2) is 9.37 Å². The topological polar surface area (TPSA) is 148 Å². The molecule has 186 valence electrons. The Kier molecular flexibility index (Phi) is 7.05. The molecule has 1 saturated heterocycles. The van der Waals surface area contributed by atoms with Crippen molar-refractivity contribution in [3.63, 3.8) is 0 Å². The third-order valence-electron chi connectivity index (χ3n) is 5.79. The van der Waals surface area contributed by atoms with E-state index < -0.39 is 28.2 Å². The lowest BCUT2D eigenvalue weighted by atomic mass is 10.0. The largest absolute Gasteiger partial charge is 0.504 e. The van der Waals surface area contributed by atoms with Crippen LogP contribution in [0.1, 0.15) is 34.5 Å². The Labute approximate surface area is 202 Å². The Bertz CT molecular complexity index is 1290. The van der Waals surface area contributed by atoms with Crippen LogP contribution in [-0.4, -0.2) is 55.3 Å². The minimum absolute atomic E-state index is 0.0545. The van der Waals surface area contributed by atoms with E-state index in [9.17, 15) is 28.2 Å². The number of hydrogen-bond donors (Lipinski definition) is 5. The predicted octanol–water partition coefficient (Wildman–Crippen LogP) is 2.96. The lowest BCUT2D eigenvalue weighted by Gasteiger charge is -2.47.